The molecular weight excluding hydrogens is 320 g/mol. The Balaban J connectivity index is 1.90. The second-order valence-corrected chi connectivity index (χ2v) is 5.97. The van der Waals surface area contributed by atoms with Crippen LogP contribution in [-0.2, 0) is 17.8 Å². The molecule has 0 bridgehead atoms. The number of rotatable bonds is 7. The fourth-order valence-corrected chi connectivity index (χ4v) is 3.05. The molecule has 25 heavy (non-hydrogen) atoms. The van der Waals surface area contributed by atoms with Gasteiger partial charge in [-0.1, -0.05) is 30.3 Å². The van der Waals surface area contributed by atoms with Crippen LogP contribution in [0.15, 0.2) is 54.7 Å². The highest BCUT2D eigenvalue weighted by Gasteiger charge is 2.11. The Morgan fingerprint density at radius 2 is 1.96 bits per heavy atom. The average Bonchev–Trinajstić information content (AvgIpc) is 2.93. The number of aliphatic carboxylic acids is 1. The topological polar surface area (TPSA) is 85.4 Å². The molecule has 1 heterocycles. The lowest BCUT2D eigenvalue weighted by atomic mass is 10.1. The van der Waals surface area contributed by atoms with E-state index < -0.39 is 10.9 Å². The summed E-state index contributed by atoms with van der Waals surface area (Å²) in [6, 6.07) is 14.6. The number of carboxylic acids is 1. The van der Waals surface area contributed by atoms with Crippen LogP contribution in [0.3, 0.4) is 0 Å². The highest BCUT2D eigenvalue weighted by atomic mass is 16.6. The Morgan fingerprint density at radius 1 is 1.16 bits per heavy atom. The van der Waals surface area contributed by atoms with Crippen LogP contribution in [-0.4, -0.2) is 20.6 Å². The molecule has 0 aliphatic rings. The second-order valence-electron chi connectivity index (χ2n) is 5.97. The quantitative estimate of drug-likeness (QED) is 0.521. The minimum absolute atomic E-state index is 0.0793. The van der Waals surface area contributed by atoms with E-state index in [0.717, 1.165) is 22.0 Å². The van der Waals surface area contributed by atoms with E-state index in [-0.39, 0.29) is 12.1 Å². The summed E-state index contributed by atoms with van der Waals surface area (Å²) < 4.78 is 2.06. The molecule has 0 spiro atoms. The standard InChI is InChI=1S/C19H18N2O4/c22-19(23)10-4-6-15-13-20(18-9-2-1-8-17(15)18)12-14-5-3-7-16(11-14)21(24)25/h1-3,5,7-9,11,13H,4,6,10,12H2,(H,22,23). The zero-order valence-electron chi connectivity index (χ0n) is 13.6. The van der Waals surface area contributed by atoms with Crippen LogP contribution >= 0.6 is 0 Å². The lowest BCUT2D eigenvalue weighted by Crippen LogP contribution is -1.99. The van der Waals surface area contributed by atoms with Gasteiger partial charge < -0.3 is 9.67 Å². The highest BCUT2D eigenvalue weighted by Crippen LogP contribution is 2.24. The summed E-state index contributed by atoms with van der Waals surface area (Å²) in [4.78, 5) is 21.3. The van der Waals surface area contributed by atoms with Gasteiger partial charge >= 0.3 is 5.97 Å². The smallest absolute Gasteiger partial charge is 0.303 e. The monoisotopic (exact) mass is 338 g/mol. The van der Waals surface area contributed by atoms with Crippen molar-refractivity contribution in [3.05, 3.63) is 76.0 Å². The molecule has 1 aromatic heterocycles. The first-order valence-electron chi connectivity index (χ1n) is 8.06. The number of carboxylic acid groups (broad SMARTS) is 1. The maximum Gasteiger partial charge on any atom is 0.303 e. The number of aromatic nitrogens is 1. The summed E-state index contributed by atoms with van der Waals surface area (Å²) >= 11 is 0. The number of nitro groups is 1. The minimum atomic E-state index is -0.791. The van der Waals surface area contributed by atoms with Crippen molar-refractivity contribution in [2.24, 2.45) is 0 Å². The van der Waals surface area contributed by atoms with Crippen LogP contribution in [0.1, 0.15) is 24.0 Å². The van der Waals surface area contributed by atoms with E-state index in [1.54, 1.807) is 12.1 Å². The molecule has 2 aromatic carbocycles. The van der Waals surface area contributed by atoms with Gasteiger partial charge in [0, 0.05) is 42.2 Å². The van der Waals surface area contributed by atoms with Gasteiger partial charge in [-0.3, -0.25) is 14.9 Å². The summed E-state index contributed by atoms with van der Waals surface area (Å²) in [5.41, 5.74) is 3.07. The van der Waals surface area contributed by atoms with E-state index in [9.17, 15) is 14.9 Å². The number of nitro benzene ring substituents is 1. The van der Waals surface area contributed by atoms with Gasteiger partial charge in [-0.15, -0.1) is 0 Å². The molecule has 128 valence electrons. The minimum Gasteiger partial charge on any atom is -0.481 e. The van der Waals surface area contributed by atoms with Gasteiger partial charge in [-0.2, -0.15) is 0 Å². The first-order chi connectivity index (χ1) is 12.0. The molecule has 0 amide bonds. The third-order valence-corrected chi connectivity index (χ3v) is 4.18. The fourth-order valence-electron chi connectivity index (χ4n) is 3.05. The van der Waals surface area contributed by atoms with Gasteiger partial charge in [0.1, 0.15) is 0 Å². The SMILES string of the molecule is O=C(O)CCCc1cn(Cc2cccc([N+](=O)[O-])c2)c2ccccc12. The third kappa shape index (κ3) is 3.85. The van der Waals surface area contributed by atoms with Crippen LogP contribution in [0.4, 0.5) is 5.69 Å². The van der Waals surface area contributed by atoms with Gasteiger partial charge in [0.05, 0.1) is 4.92 Å². The summed E-state index contributed by atoms with van der Waals surface area (Å²) in [5, 5.41) is 20.9. The van der Waals surface area contributed by atoms with E-state index in [2.05, 4.69) is 4.57 Å². The maximum atomic E-state index is 10.9. The normalized spacial score (nSPS) is 10.9. The van der Waals surface area contributed by atoms with Crippen molar-refractivity contribution in [3.63, 3.8) is 0 Å². The molecule has 6 nitrogen and oxygen atoms in total. The molecule has 0 aliphatic carbocycles. The van der Waals surface area contributed by atoms with Crippen LogP contribution in [0.25, 0.3) is 10.9 Å². The lowest BCUT2D eigenvalue weighted by Gasteiger charge is -2.05. The van der Waals surface area contributed by atoms with Gasteiger partial charge in [0.25, 0.3) is 5.69 Å². The van der Waals surface area contributed by atoms with Crippen LogP contribution in [0.2, 0.25) is 0 Å². The molecule has 1 N–H and O–H groups in total. The number of hydrogen-bond donors (Lipinski definition) is 1. The molecule has 0 saturated heterocycles. The summed E-state index contributed by atoms with van der Waals surface area (Å²) in [7, 11) is 0. The molecule has 6 heteroatoms. The van der Waals surface area contributed by atoms with Gasteiger partial charge in [-0.25, -0.2) is 0 Å². The predicted molar refractivity (Wildman–Crippen MR) is 94.7 cm³/mol. The van der Waals surface area contributed by atoms with Crippen LogP contribution in [0, 0.1) is 10.1 Å². The molecule has 0 fully saturated rings. The highest BCUT2D eigenvalue weighted by molar-refractivity contribution is 5.84. The average molecular weight is 338 g/mol. The van der Waals surface area contributed by atoms with Crippen molar-refractivity contribution < 1.29 is 14.8 Å². The van der Waals surface area contributed by atoms with Crippen molar-refractivity contribution in [3.8, 4) is 0 Å². The van der Waals surface area contributed by atoms with E-state index in [1.807, 2.05) is 36.5 Å². The number of nitrogens with zero attached hydrogens (tertiary/aromatic N) is 2. The number of aryl methyl sites for hydroxylation is 1. The Bertz CT molecular complexity index is 930. The molecule has 0 radical (unpaired) electrons. The van der Waals surface area contributed by atoms with Crippen LogP contribution in [0.5, 0.6) is 0 Å². The Hall–Kier alpha value is -3.15. The molecule has 0 saturated carbocycles. The zero-order chi connectivity index (χ0) is 17.8. The number of para-hydroxylation sites is 1. The van der Waals surface area contributed by atoms with Crippen LogP contribution < -0.4 is 0 Å². The largest absolute Gasteiger partial charge is 0.481 e. The predicted octanol–water partition coefficient (Wildman–Crippen LogP) is 4.01. The number of hydrogen-bond acceptors (Lipinski definition) is 3. The van der Waals surface area contributed by atoms with Crippen molar-refractivity contribution in [2.45, 2.75) is 25.8 Å². The number of non-ortho nitro benzene ring substituents is 1. The van der Waals surface area contributed by atoms with Gasteiger partial charge in [0.15, 0.2) is 0 Å². The first-order valence-corrected chi connectivity index (χ1v) is 8.06. The van der Waals surface area contributed by atoms with E-state index >= 15 is 0 Å². The van der Waals surface area contributed by atoms with E-state index in [4.69, 9.17) is 5.11 Å². The summed E-state index contributed by atoms with van der Waals surface area (Å²) in [6.45, 7) is 0.529. The molecule has 0 unspecified atom stereocenters. The van der Waals surface area contributed by atoms with Crippen molar-refractivity contribution in [1.82, 2.24) is 4.57 Å². The molecule has 3 aromatic rings. The lowest BCUT2D eigenvalue weighted by molar-refractivity contribution is -0.384. The first kappa shape index (κ1) is 16.7. The van der Waals surface area contributed by atoms with E-state index in [1.165, 1.54) is 6.07 Å². The van der Waals surface area contributed by atoms with Crippen molar-refractivity contribution >= 4 is 22.6 Å². The molecule has 3 rings (SSSR count). The molecule has 0 aliphatic heterocycles. The third-order valence-electron chi connectivity index (χ3n) is 4.18. The van der Waals surface area contributed by atoms with Crippen molar-refractivity contribution in [1.29, 1.82) is 0 Å². The van der Waals surface area contributed by atoms with Gasteiger partial charge in [-0.05, 0) is 30.0 Å². The van der Waals surface area contributed by atoms with Crippen molar-refractivity contribution in [2.75, 3.05) is 0 Å². The Kier molecular flexibility index (Phi) is 4.79. The fraction of sp³-hybridized carbons (Fsp3) is 0.211. The second kappa shape index (κ2) is 7.17. The summed E-state index contributed by atoms with van der Waals surface area (Å²) in [6.07, 6.45) is 3.44. The Morgan fingerprint density at radius 3 is 2.72 bits per heavy atom. The zero-order valence-corrected chi connectivity index (χ0v) is 13.6. The molecule has 0 atom stereocenters. The Labute approximate surface area is 144 Å². The number of benzene rings is 2. The number of carbonyl (C=O) groups is 1. The molecular formula is C19H18N2O4. The maximum absolute atomic E-state index is 10.9. The van der Waals surface area contributed by atoms with E-state index in [0.29, 0.717) is 19.4 Å². The van der Waals surface area contributed by atoms with Gasteiger partial charge in [0.2, 0.25) is 0 Å². The number of fused-ring (bicyclic) bond motifs is 1. The summed E-state index contributed by atoms with van der Waals surface area (Å²) in [5.74, 6) is -0.791.